The van der Waals surface area contributed by atoms with Crippen molar-refractivity contribution in [3.8, 4) is 0 Å². The fourth-order valence-electron chi connectivity index (χ4n) is 2.28. The third kappa shape index (κ3) is 3.72. The maximum absolute atomic E-state index is 12.0. The Morgan fingerprint density at radius 2 is 2.15 bits per heavy atom. The molecule has 3 N–H and O–H groups in total. The van der Waals surface area contributed by atoms with Gasteiger partial charge in [-0.05, 0) is 43.0 Å². The van der Waals surface area contributed by atoms with Crippen LogP contribution in [-0.4, -0.2) is 24.5 Å². The molecule has 0 aliphatic carbocycles. The van der Waals surface area contributed by atoms with Crippen molar-refractivity contribution in [1.82, 2.24) is 10.6 Å². The molecule has 108 valence electrons. The van der Waals surface area contributed by atoms with Crippen LogP contribution >= 0.6 is 15.9 Å². The van der Waals surface area contributed by atoms with Gasteiger partial charge >= 0.3 is 6.03 Å². The number of urea groups is 1. The van der Waals surface area contributed by atoms with Crippen LogP contribution in [0.5, 0.6) is 0 Å². The summed E-state index contributed by atoms with van der Waals surface area (Å²) in [7, 11) is 0. The van der Waals surface area contributed by atoms with Crippen LogP contribution in [0.25, 0.3) is 0 Å². The smallest absolute Gasteiger partial charge is 0.319 e. The molecule has 1 saturated heterocycles. The Kier molecular flexibility index (Phi) is 4.65. The molecule has 2 unspecified atom stereocenters. The molecular weight excluding hydrogens is 322 g/mol. The Bertz CT molecular complexity index is 513. The molecule has 1 heterocycles. The first-order valence-corrected chi connectivity index (χ1v) is 7.37. The maximum atomic E-state index is 12.0. The van der Waals surface area contributed by atoms with Crippen molar-refractivity contribution in [1.29, 1.82) is 0 Å². The molecule has 6 heteroatoms. The van der Waals surface area contributed by atoms with Crippen molar-refractivity contribution < 1.29 is 9.59 Å². The Labute approximate surface area is 126 Å². The van der Waals surface area contributed by atoms with Gasteiger partial charge in [-0.25, -0.2) is 4.79 Å². The first-order chi connectivity index (χ1) is 9.45. The molecule has 5 nitrogen and oxygen atoms in total. The molecule has 0 spiro atoms. The quantitative estimate of drug-likeness (QED) is 0.774. The van der Waals surface area contributed by atoms with E-state index < -0.39 is 6.04 Å². The van der Waals surface area contributed by atoms with Crippen molar-refractivity contribution in [2.45, 2.75) is 26.3 Å². The van der Waals surface area contributed by atoms with Crippen LogP contribution in [0.15, 0.2) is 22.7 Å². The molecule has 1 aliphatic rings. The highest BCUT2D eigenvalue weighted by atomic mass is 79.9. The summed E-state index contributed by atoms with van der Waals surface area (Å²) in [6.07, 6.45) is 0.868. The van der Waals surface area contributed by atoms with Crippen molar-refractivity contribution >= 4 is 33.6 Å². The Morgan fingerprint density at radius 1 is 1.40 bits per heavy atom. The molecule has 1 aromatic rings. The largest absolute Gasteiger partial charge is 0.354 e. The highest BCUT2D eigenvalue weighted by molar-refractivity contribution is 9.10. The molecule has 1 aromatic carbocycles. The number of carbonyl (C=O) groups excluding carboxylic acids is 2. The van der Waals surface area contributed by atoms with Crippen LogP contribution in [-0.2, 0) is 4.79 Å². The standard InChI is InChI=1S/C14H18BrN3O2/c1-8-5-10(15)7-11(6-8)17-14(20)18-12-9(2)3-4-16-13(12)19/h5-7,9,12H,3-4H2,1-2H3,(H,16,19)(H2,17,18,20). The highest BCUT2D eigenvalue weighted by Crippen LogP contribution is 2.19. The molecule has 1 aliphatic heterocycles. The number of aryl methyl sites for hydroxylation is 1. The molecular formula is C14H18BrN3O2. The van der Waals surface area contributed by atoms with Gasteiger partial charge in [0.15, 0.2) is 0 Å². The van der Waals surface area contributed by atoms with Gasteiger partial charge in [0.05, 0.1) is 0 Å². The Morgan fingerprint density at radius 3 is 2.80 bits per heavy atom. The maximum Gasteiger partial charge on any atom is 0.319 e. The van der Waals surface area contributed by atoms with E-state index in [1.165, 1.54) is 0 Å². The van der Waals surface area contributed by atoms with E-state index in [1.807, 2.05) is 32.0 Å². The summed E-state index contributed by atoms with van der Waals surface area (Å²) in [4.78, 5) is 23.7. The fraction of sp³-hybridized carbons (Fsp3) is 0.429. The number of nitrogens with one attached hydrogen (secondary N) is 3. The van der Waals surface area contributed by atoms with Crippen LogP contribution in [0, 0.1) is 12.8 Å². The average Bonchev–Trinajstić information content (AvgIpc) is 2.32. The normalized spacial score (nSPS) is 22.1. The lowest BCUT2D eigenvalue weighted by Crippen LogP contribution is -2.55. The summed E-state index contributed by atoms with van der Waals surface area (Å²) in [5, 5.41) is 8.24. The van der Waals surface area contributed by atoms with Crippen LogP contribution in [0.1, 0.15) is 18.9 Å². The number of rotatable bonds is 2. The van der Waals surface area contributed by atoms with Gasteiger partial charge in [0, 0.05) is 16.7 Å². The zero-order valence-electron chi connectivity index (χ0n) is 11.5. The molecule has 2 atom stereocenters. The lowest BCUT2D eigenvalue weighted by molar-refractivity contribution is -0.125. The lowest BCUT2D eigenvalue weighted by atomic mass is 9.94. The number of benzene rings is 1. The number of hydrogen-bond acceptors (Lipinski definition) is 2. The lowest BCUT2D eigenvalue weighted by Gasteiger charge is -2.28. The molecule has 0 aromatic heterocycles. The average molecular weight is 340 g/mol. The number of halogens is 1. The molecule has 2 rings (SSSR count). The number of amides is 3. The van der Waals surface area contributed by atoms with Crippen molar-refractivity contribution in [3.63, 3.8) is 0 Å². The zero-order chi connectivity index (χ0) is 14.7. The van der Waals surface area contributed by atoms with Crippen molar-refractivity contribution in [2.24, 2.45) is 5.92 Å². The van der Waals surface area contributed by atoms with Gasteiger partial charge in [0.1, 0.15) is 6.04 Å². The number of hydrogen-bond donors (Lipinski definition) is 3. The SMILES string of the molecule is Cc1cc(Br)cc(NC(=O)NC2C(=O)NCCC2C)c1. The minimum absolute atomic E-state index is 0.121. The van der Waals surface area contributed by atoms with Gasteiger partial charge in [-0.3, -0.25) is 4.79 Å². The van der Waals surface area contributed by atoms with E-state index in [2.05, 4.69) is 31.9 Å². The molecule has 0 radical (unpaired) electrons. The van der Waals surface area contributed by atoms with Crippen LogP contribution < -0.4 is 16.0 Å². The minimum Gasteiger partial charge on any atom is -0.354 e. The minimum atomic E-state index is -0.475. The fourth-order valence-corrected chi connectivity index (χ4v) is 2.89. The van der Waals surface area contributed by atoms with Crippen LogP contribution in [0.3, 0.4) is 0 Å². The summed E-state index contributed by atoms with van der Waals surface area (Å²) in [6, 6.07) is 4.80. The Balaban J connectivity index is 1.99. The summed E-state index contributed by atoms with van der Waals surface area (Å²) in [5.74, 6) is 0.0167. The second kappa shape index (κ2) is 6.26. The van der Waals surface area contributed by atoms with Gasteiger partial charge < -0.3 is 16.0 Å². The summed E-state index contributed by atoms with van der Waals surface area (Å²) in [5.41, 5.74) is 1.73. The summed E-state index contributed by atoms with van der Waals surface area (Å²) in [6.45, 7) is 4.59. The van der Waals surface area contributed by atoms with E-state index >= 15 is 0 Å². The van der Waals surface area contributed by atoms with E-state index in [1.54, 1.807) is 0 Å². The highest BCUT2D eigenvalue weighted by Gasteiger charge is 2.30. The summed E-state index contributed by atoms with van der Waals surface area (Å²) >= 11 is 3.38. The number of piperidine rings is 1. The molecule has 3 amide bonds. The second-order valence-corrected chi connectivity index (χ2v) is 6.07. The monoisotopic (exact) mass is 339 g/mol. The predicted octanol–water partition coefficient (Wildman–Crippen LogP) is 2.40. The van der Waals surface area contributed by atoms with Gasteiger partial charge in [0.2, 0.25) is 5.91 Å². The van der Waals surface area contributed by atoms with Gasteiger partial charge in [-0.1, -0.05) is 22.9 Å². The third-order valence-electron chi connectivity index (χ3n) is 3.34. The summed E-state index contributed by atoms with van der Waals surface area (Å²) < 4.78 is 0.900. The zero-order valence-corrected chi connectivity index (χ0v) is 13.1. The first-order valence-electron chi connectivity index (χ1n) is 6.58. The van der Waals surface area contributed by atoms with E-state index in [9.17, 15) is 9.59 Å². The molecule has 0 saturated carbocycles. The van der Waals surface area contributed by atoms with Gasteiger partial charge in [-0.15, -0.1) is 0 Å². The topological polar surface area (TPSA) is 70.2 Å². The number of carbonyl (C=O) groups is 2. The molecule has 20 heavy (non-hydrogen) atoms. The van der Waals surface area contributed by atoms with Crippen LogP contribution in [0.2, 0.25) is 0 Å². The number of anilines is 1. The molecule has 1 fully saturated rings. The van der Waals surface area contributed by atoms with Crippen molar-refractivity contribution in [2.75, 3.05) is 11.9 Å². The van der Waals surface area contributed by atoms with E-state index in [0.29, 0.717) is 12.2 Å². The van der Waals surface area contributed by atoms with E-state index in [-0.39, 0.29) is 17.9 Å². The van der Waals surface area contributed by atoms with Crippen molar-refractivity contribution in [3.05, 3.63) is 28.2 Å². The predicted molar refractivity (Wildman–Crippen MR) is 81.6 cm³/mol. The van der Waals surface area contributed by atoms with E-state index in [0.717, 1.165) is 16.5 Å². The van der Waals surface area contributed by atoms with Gasteiger partial charge in [-0.2, -0.15) is 0 Å². The Hall–Kier alpha value is -1.56. The second-order valence-electron chi connectivity index (χ2n) is 5.15. The third-order valence-corrected chi connectivity index (χ3v) is 3.79. The molecule has 0 bridgehead atoms. The first kappa shape index (κ1) is 14.8. The van der Waals surface area contributed by atoms with Gasteiger partial charge in [0.25, 0.3) is 0 Å². The van der Waals surface area contributed by atoms with Crippen LogP contribution in [0.4, 0.5) is 10.5 Å². The van der Waals surface area contributed by atoms with E-state index in [4.69, 9.17) is 0 Å².